The highest BCUT2D eigenvalue weighted by Crippen LogP contribution is 2.44. The molecule has 320 valence electrons. The molecule has 0 radical (unpaired) electrons. The highest BCUT2D eigenvalue weighted by molar-refractivity contribution is 6.26. The number of hydrogen-bond acceptors (Lipinski definition) is 5. The van der Waals surface area contributed by atoms with Crippen molar-refractivity contribution in [1.82, 2.24) is 19.5 Å². The van der Waals surface area contributed by atoms with Crippen LogP contribution in [-0.2, 0) is 0 Å². The molecule has 0 N–H and O–H groups in total. The summed E-state index contributed by atoms with van der Waals surface area (Å²) in [6.45, 7) is 0. The summed E-state index contributed by atoms with van der Waals surface area (Å²) in [6.07, 6.45) is 0. The minimum atomic E-state index is 0.571. The third-order valence-electron chi connectivity index (χ3n) is 14.0. The second-order valence-corrected chi connectivity index (χ2v) is 17.9. The Morgan fingerprint density at radius 1 is 0.275 bits per heavy atom. The second-order valence-electron chi connectivity index (χ2n) is 17.9. The molecule has 4 aromatic heterocycles. The summed E-state index contributed by atoms with van der Waals surface area (Å²) in [4.78, 5) is 15.6. The van der Waals surface area contributed by atoms with Crippen molar-refractivity contribution >= 4 is 98.0 Å². The van der Waals surface area contributed by atoms with Crippen LogP contribution >= 0.6 is 0 Å². The number of nitrogens with zero attached hydrogens (tertiary/aromatic N) is 4. The molecule has 0 saturated carbocycles. The van der Waals surface area contributed by atoms with Crippen molar-refractivity contribution in [2.24, 2.45) is 0 Å². The van der Waals surface area contributed by atoms with E-state index in [9.17, 15) is 0 Å². The standard InChI is InChI=1S/C63H36N4O2/c1-2-12-37(13-3-1)38-22-24-40(25-23-38)61-64-62(43-27-30-56-49(33-43)47-19-10-11-21-55(47)68-56)66-63(65-61)44-28-31-57-51(34-44)60-48-20-9-8-18-46(48)54(36-58(60)69-57)67-52-29-26-39-14-6-7-17-45(39)59(52)50-32-41-15-4-5-16-42(41)35-53(50)67/h1-36H. The SMILES string of the molecule is c1ccc(-c2ccc(-c3nc(-c4ccc5oc6ccccc6c5c4)nc(-c4ccc5oc6cc(-n7c8cc9ccccc9cc8c8c9ccccc9ccc87)c7ccccc7c6c5c4)n3)cc2)cc1. The van der Waals surface area contributed by atoms with Crippen LogP contribution < -0.4 is 0 Å². The molecular weight excluding hydrogens is 845 g/mol. The number of para-hydroxylation sites is 1. The van der Waals surface area contributed by atoms with Gasteiger partial charge in [-0.05, 0) is 98.7 Å². The molecule has 11 aromatic carbocycles. The topological polar surface area (TPSA) is 69.9 Å². The molecule has 0 saturated heterocycles. The first-order valence-electron chi connectivity index (χ1n) is 23.2. The van der Waals surface area contributed by atoms with E-state index in [2.05, 4.69) is 187 Å². The number of hydrogen-bond donors (Lipinski definition) is 0. The minimum Gasteiger partial charge on any atom is -0.456 e. The number of rotatable bonds is 5. The van der Waals surface area contributed by atoms with Gasteiger partial charge in [0.2, 0.25) is 0 Å². The zero-order valence-corrected chi connectivity index (χ0v) is 36.9. The molecule has 6 heteroatoms. The summed E-state index contributed by atoms with van der Waals surface area (Å²) in [5.41, 5.74) is 11.5. The third kappa shape index (κ3) is 5.82. The van der Waals surface area contributed by atoms with Crippen LogP contribution in [-0.4, -0.2) is 19.5 Å². The van der Waals surface area contributed by atoms with Gasteiger partial charge in [0.05, 0.1) is 16.7 Å². The van der Waals surface area contributed by atoms with E-state index in [-0.39, 0.29) is 0 Å². The lowest BCUT2D eigenvalue weighted by Crippen LogP contribution is -2.00. The highest BCUT2D eigenvalue weighted by atomic mass is 16.3. The molecule has 0 bridgehead atoms. The normalized spacial score (nSPS) is 12.1. The van der Waals surface area contributed by atoms with Crippen LogP contribution in [0, 0.1) is 0 Å². The lowest BCUT2D eigenvalue weighted by molar-refractivity contribution is 0.668. The van der Waals surface area contributed by atoms with E-state index >= 15 is 0 Å². The van der Waals surface area contributed by atoms with Crippen LogP contribution in [0.2, 0.25) is 0 Å². The molecule has 6 nitrogen and oxygen atoms in total. The molecule has 0 atom stereocenters. The monoisotopic (exact) mass is 880 g/mol. The zero-order valence-electron chi connectivity index (χ0n) is 36.9. The van der Waals surface area contributed by atoms with Gasteiger partial charge in [-0.15, -0.1) is 0 Å². The predicted octanol–water partition coefficient (Wildman–Crippen LogP) is 16.9. The summed E-state index contributed by atoms with van der Waals surface area (Å²) < 4.78 is 15.5. The maximum absolute atomic E-state index is 6.88. The summed E-state index contributed by atoms with van der Waals surface area (Å²) in [5, 5.41) is 13.7. The molecule has 15 rings (SSSR count). The predicted molar refractivity (Wildman–Crippen MR) is 283 cm³/mol. The van der Waals surface area contributed by atoms with Crippen LogP contribution in [0.15, 0.2) is 227 Å². The van der Waals surface area contributed by atoms with Gasteiger partial charge in [0.15, 0.2) is 17.5 Å². The quantitative estimate of drug-likeness (QED) is 0.172. The number of aromatic nitrogens is 4. The average Bonchev–Trinajstić information content (AvgIpc) is 4.09. The van der Waals surface area contributed by atoms with Gasteiger partial charge in [-0.25, -0.2) is 15.0 Å². The van der Waals surface area contributed by atoms with Gasteiger partial charge in [0.1, 0.15) is 22.3 Å². The van der Waals surface area contributed by atoms with Crippen molar-refractivity contribution in [1.29, 1.82) is 0 Å². The maximum Gasteiger partial charge on any atom is 0.164 e. The molecule has 0 aliphatic carbocycles. The fourth-order valence-corrected chi connectivity index (χ4v) is 10.7. The van der Waals surface area contributed by atoms with E-state index in [1.54, 1.807) is 0 Å². The Morgan fingerprint density at radius 3 is 1.58 bits per heavy atom. The zero-order chi connectivity index (χ0) is 45.2. The molecule has 0 unspecified atom stereocenters. The second kappa shape index (κ2) is 14.6. The van der Waals surface area contributed by atoms with Crippen molar-refractivity contribution in [2.45, 2.75) is 0 Å². The molecule has 15 aromatic rings. The molecule has 0 fully saturated rings. The van der Waals surface area contributed by atoms with Crippen molar-refractivity contribution in [3.05, 3.63) is 218 Å². The number of benzene rings is 11. The van der Waals surface area contributed by atoms with Crippen LogP contribution in [0.4, 0.5) is 0 Å². The van der Waals surface area contributed by atoms with Gasteiger partial charge in [0, 0.05) is 60.5 Å². The Kier molecular flexibility index (Phi) is 7.97. The first kappa shape index (κ1) is 37.8. The molecule has 69 heavy (non-hydrogen) atoms. The van der Waals surface area contributed by atoms with Crippen LogP contribution in [0.25, 0.3) is 149 Å². The van der Waals surface area contributed by atoms with Crippen LogP contribution in [0.1, 0.15) is 0 Å². The Labute approximate surface area is 394 Å². The van der Waals surface area contributed by atoms with Gasteiger partial charge >= 0.3 is 0 Å². The van der Waals surface area contributed by atoms with Gasteiger partial charge in [-0.1, -0.05) is 152 Å². The summed E-state index contributed by atoms with van der Waals surface area (Å²) >= 11 is 0. The van der Waals surface area contributed by atoms with Gasteiger partial charge < -0.3 is 13.4 Å². The fraction of sp³-hybridized carbons (Fsp3) is 0. The molecule has 4 heterocycles. The first-order chi connectivity index (χ1) is 34.2. The van der Waals surface area contributed by atoms with Crippen molar-refractivity contribution in [3.63, 3.8) is 0 Å². The smallest absolute Gasteiger partial charge is 0.164 e. The van der Waals surface area contributed by atoms with E-state index in [0.29, 0.717) is 17.5 Å². The molecule has 0 aliphatic rings. The van der Waals surface area contributed by atoms with Gasteiger partial charge in [-0.3, -0.25) is 0 Å². The van der Waals surface area contributed by atoms with Crippen LogP contribution in [0.3, 0.4) is 0 Å². The lowest BCUT2D eigenvalue weighted by atomic mass is 10.0. The van der Waals surface area contributed by atoms with E-state index in [0.717, 1.165) is 99.2 Å². The maximum atomic E-state index is 6.88. The largest absolute Gasteiger partial charge is 0.456 e. The molecule has 0 spiro atoms. The lowest BCUT2D eigenvalue weighted by Gasteiger charge is -2.13. The Hall–Kier alpha value is -9.39. The van der Waals surface area contributed by atoms with E-state index < -0.39 is 0 Å². The summed E-state index contributed by atoms with van der Waals surface area (Å²) in [6, 6.07) is 76.9. The Morgan fingerprint density at radius 2 is 0.812 bits per heavy atom. The molecule has 0 aliphatic heterocycles. The van der Waals surface area contributed by atoms with Crippen molar-refractivity contribution in [2.75, 3.05) is 0 Å². The Balaban J connectivity index is 0.936. The van der Waals surface area contributed by atoms with Gasteiger partial charge in [0.25, 0.3) is 0 Å². The van der Waals surface area contributed by atoms with Crippen molar-refractivity contribution in [3.8, 4) is 51.0 Å². The summed E-state index contributed by atoms with van der Waals surface area (Å²) in [5.74, 6) is 1.74. The molecule has 0 amide bonds. The van der Waals surface area contributed by atoms with Gasteiger partial charge in [-0.2, -0.15) is 0 Å². The first-order valence-corrected chi connectivity index (χ1v) is 23.2. The molecular formula is C63H36N4O2. The Bertz CT molecular complexity index is 4600. The van der Waals surface area contributed by atoms with Crippen molar-refractivity contribution < 1.29 is 8.83 Å². The highest BCUT2D eigenvalue weighted by Gasteiger charge is 2.22. The minimum absolute atomic E-state index is 0.571. The third-order valence-corrected chi connectivity index (χ3v) is 14.0. The van der Waals surface area contributed by atoms with E-state index in [1.165, 1.54) is 32.3 Å². The van der Waals surface area contributed by atoms with Crippen LogP contribution in [0.5, 0.6) is 0 Å². The number of fused-ring (bicyclic) bond motifs is 14. The van der Waals surface area contributed by atoms with E-state index in [4.69, 9.17) is 23.8 Å². The van der Waals surface area contributed by atoms with E-state index in [1.807, 2.05) is 36.4 Å². The average molecular weight is 881 g/mol. The summed E-state index contributed by atoms with van der Waals surface area (Å²) in [7, 11) is 0. The number of furan rings is 2. The fourth-order valence-electron chi connectivity index (χ4n) is 10.7.